The fourth-order valence-corrected chi connectivity index (χ4v) is 3.34. The van der Waals surface area contributed by atoms with E-state index in [9.17, 15) is 20.0 Å². The topological polar surface area (TPSA) is 109 Å². The summed E-state index contributed by atoms with van der Waals surface area (Å²) in [5, 5.41) is 24.3. The number of non-ortho nitro benzene ring substituents is 1. The molecule has 1 aliphatic rings. The predicted molar refractivity (Wildman–Crippen MR) is 104 cm³/mol. The van der Waals surface area contributed by atoms with E-state index in [-0.39, 0.29) is 23.3 Å². The van der Waals surface area contributed by atoms with Gasteiger partial charge >= 0.3 is 0 Å². The van der Waals surface area contributed by atoms with Crippen molar-refractivity contribution in [3.05, 3.63) is 69.8 Å². The number of quaternary nitrogens is 1. The van der Waals surface area contributed by atoms with Gasteiger partial charge in [-0.15, -0.1) is 0 Å². The Kier molecular flexibility index (Phi) is 6.33. The molecule has 8 nitrogen and oxygen atoms in total. The minimum absolute atomic E-state index is 0.0814. The second-order valence-corrected chi connectivity index (χ2v) is 6.92. The lowest BCUT2D eigenvalue weighted by Crippen LogP contribution is -3.11. The Hall–Kier alpha value is -3.26. The minimum atomic E-state index is -0.400. The van der Waals surface area contributed by atoms with Gasteiger partial charge in [-0.1, -0.05) is 12.1 Å². The zero-order chi connectivity index (χ0) is 19.9. The Morgan fingerprint density at radius 2 is 1.89 bits per heavy atom. The van der Waals surface area contributed by atoms with Crippen molar-refractivity contribution in [3.63, 3.8) is 0 Å². The van der Waals surface area contributed by atoms with Gasteiger partial charge < -0.3 is 10.0 Å². The molecule has 1 aliphatic heterocycles. The zero-order valence-corrected chi connectivity index (χ0v) is 15.4. The maximum absolute atomic E-state index is 12.3. The molecule has 3 N–H and O–H groups in total. The molecule has 3 rings (SSSR count). The number of nitrogens with zero attached hydrogens (tertiary/aromatic N) is 2. The van der Waals surface area contributed by atoms with Crippen molar-refractivity contribution < 1.29 is 19.7 Å². The molecule has 2 aromatic rings. The molecular formula is C20H23N4O4+. The number of benzene rings is 2. The van der Waals surface area contributed by atoms with Gasteiger partial charge in [0.05, 0.1) is 30.1 Å². The van der Waals surface area contributed by atoms with Crippen LogP contribution in [0.2, 0.25) is 0 Å². The van der Waals surface area contributed by atoms with Crippen LogP contribution in [0.1, 0.15) is 24.0 Å². The number of hydrogen-bond donors (Lipinski definition) is 3. The highest BCUT2D eigenvalue weighted by molar-refractivity contribution is 5.85. The summed E-state index contributed by atoms with van der Waals surface area (Å²) >= 11 is 0. The number of amides is 1. The zero-order valence-electron chi connectivity index (χ0n) is 15.4. The molecule has 0 spiro atoms. The summed E-state index contributed by atoms with van der Waals surface area (Å²) in [6.07, 6.45) is 2.96. The first-order valence-electron chi connectivity index (χ1n) is 9.21. The van der Waals surface area contributed by atoms with E-state index in [2.05, 4.69) is 10.5 Å². The van der Waals surface area contributed by atoms with E-state index in [0.29, 0.717) is 5.56 Å². The quantitative estimate of drug-likeness (QED) is 0.396. The maximum atomic E-state index is 12.3. The average Bonchev–Trinajstić information content (AvgIpc) is 2.70. The second kappa shape index (κ2) is 9.09. The molecule has 0 radical (unpaired) electrons. The largest absolute Gasteiger partial charge is 0.507 e. The number of rotatable bonds is 6. The Morgan fingerprint density at radius 3 is 2.54 bits per heavy atom. The van der Waals surface area contributed by atoms with Gasteiger partial charge in [0.2, 0.25) is 5.91 Å². The van der Waals surface area contributed by atoms with Gasteiger partial charge in [-0.25, -0.2) is 5.43 Å². The number of hydrazone groups is 1. The highest BCUT2D eigenvalue weighted by Gasteiger charge is 2.27. The van der Waals surface area contributed by atoms with Crippen LogP contribution in [0.25, 0.3) is 0 Å². The molecule has 2 aromatic carbocycles. The summed E-state index contributed by atoms with van der Waals surface area (Å²) in [4.78, 5) is 24.0. The number of phenolic OH excluding ortho intramolecular Hbond substituents is 1. The number of carbonyl (C=O) groups is 1. The smallest absolute Gasteiger partial charge is 0.269 e. The van der Waals surface area contributed by atoms with Gasteiger partial charge in [0, 0.05) is 36.1 Å². The second-order valence-electron chi connectivity index (χ2n) is 6.92. The molecule has 0 atom stereocenters. The molecule has 0 aromatic heterocycles. The van der Waals surface area contributed by atoms with Crippen LogP contribution in [0.5, 0.6) is 5.75 Å². The van der Waals surface area contributed by atoms with Crippen LogP contribution in [0.15, 0.2) is 53.6 Å². The molecule has 1 saturated heterocycles. The average molecular weight is 383 g/mol. The number of nitro benzene ring substituents is 1. The van der Waals surface area contributed by atoms with Gasteiger partial charge in [0.25, 0.3) is 5.69 Å². The molecule has 146 valence electrons. The Bertz CT molecular complexity index is 859. The van der Waals surface area contributed by atoms with Gasteiger partial charge in [-0.3, -0.25) is 14.9 Å². The van der Waals surface area contributed by atoms with Crippen LogP contribution in [0, 0.1) is 16.0 Å². The van der Waals surface area contributed by atoms with Gasteiger partial charge in [0.1, 0.15) is 12.3 Å². The summed E-state index contributed by atoms with van der Waals surface area (Å²) in [6.45, 7) is 2.51. The van der Waals surface area contributed by atoms with Crippen LogP contribution >= 0.6 is 0 Å². The molecule has 0 unspecified atom stereocenters. The van der Waals surface area contributed by atoms with E-state index < -0.39 is 4.92 Å². The number of carbonyl (C=O) groups excluding carboxylic acids is 1. The molecule has 0 saturated carbocycles. The molecular weight excluding hydrogens is 360 g/mol. The number of nitro groups is 1. The number of nitrogens with one attached hydrogen (secondary N) is 2. The maximum Gasteiger partial charge on any atom is 0.269 e. The summed E-state index contributed by atoms with van der Waals surface area (Å²) in [5.41, 5.74) is 4.25. The molecule has 1 fully saturated rings. The minimum Gasteiger partial charge on any atom is -0.507 e. The van der Waals surface area contributed by atoms with Crippen molar-refractivity contribution in [2.24, 2.45) is 11.0 Å². The summed E-state index contributed by atoms with van der Waals surface area (Å²) in [7, 11) is 0. The molecule has 1 amide bonds. The lowest BCUT2D eigenvalue weighted by molar-refractivity contribution is -0.919. The monoisotopic (exact) mass is 383 g/mol. The lowest BCUT2D eigenvalue weighted by atomic mass is 9.96. The van der Waals surface area contributed by atoms with Gasteiger partial charge in [-0.2, -0.15) is 5.10 Å². The summed E-state index contributed by atoms with van der Waals surface area (Å²) in [5.74, 6) is -0.0770. The summed E-state index contributed by atoms with van der Waals surface area (Å²) in [6, 6.07) is 13.4. The number of hydrogen-bond acceptors (Lipinski definition) is 5. The van der Waals surface area contributed by atoms with Crippen molar-refractivity contribution in [2.75, 3.05) is 13.1 Å². The third-order valence-corrected chi connectivity index (χ3v) is 4.98. The van der Waals surface area contributed by atoms with E-state index in [1.165, 1.54) is 23.2 Å². The highest BCUT2D eigenvalue weighted by atomic mass is 16.6. The van der Waals surface area contributed by atoms with Crippen molar-refractivity contribution >= 4 is 17.8 Å². The van der Waals surface area contributed by atoms with Crippen molar-refractivity contribution in [2.45, 2.75) is 19.4 Å². The van der Waals surface area contributed by atoms with E-state index >= 15 is 0 Å². The molecule has 0 aliphatic carbocycles. The molecule has 28 heavy (non-hydrogen) atoms. The fourth-order valence-electron chi connectivity index (χ4n) is 3.34. The third-order valence-electron chi connectivity index (χ3n) is 4.98. The number of likely N-dealkylation sites (tertiary alicyclic amines) is 1. The van der Waals surface area contributed by atoms with E-state index in [1.807, 2.05) is 0 Å². The van der Waals surface area contributed by atoms with E-state index in [1.54, 1.807) is 36.4 Å². The number of aromatic hydroxyl groups is 1. The highest BCUT2D eigenvalue weighted by Crippen LogP contribution is 2.14. The molecule has 1 heterocycles. The van der Waals surface area contributed by atoms with Crippen LogP contribution < -0.4 is 10.3 Å². The van der Waals surface area contributed by atoms with Crippen molar-refractivity contribution in [1.29, 1.82) is 0 Å². The first kappa shape index (κ1) is 19.5. The lowest BCUT2D eigenvalue weighted by Gasteiger charge is -2.28. The van der Waals surface area contributed by atoms with E-state index in [4.69, 9.17) is 0 Å². The van der Waals surface area contributed by atoms with Gasteiger partial charge in [-0.05, 0) is 24.3 Å². The summed E-state index contributed by atoms with van der Waals surface area (Å²) < 4.78 is 0. The normalized spacial score (nSPS) is 19.4. The van der Waals surface area contributed by atoms with Crippen LogP contribution in [-0.2, 0) is 11.3 Å². The van der Waals surface area contributed by atoms with Gasteiger partial charge in [0.15, 0.2) is 0 Å². The standard InChI is InChI=1S/C20H22N4O4/c25-19-4-2-1-3-17(19)13-21-22-20(26)16-9-11-23(12-10-16)14-15-5-7-18(8-6-15)24(27)28/h1-8,13,16,25H,9-12,14H2,(H,22,26)/p+1/b21-13+. The Morgan fingerprint density at radius 1 is 1.21 bits per heavy atom. The van der Waals surface area contributed by atoms with Crippen LogP contribution in [-0.4, -0.2) is 35.2 Å². The molecule has 0 bridgehead atoms. The van der Waals surface area contributed by atoms with E-state index in [0.717, 1.165) is 38.0 Å². The third kappa shape index (κ3) is 5.14. The Labute approximate surface area is 162 Å². The van der Waals surface area contributed by atoms with Crippen LogP contribution in [0.3, 0.4) is 0 Å². The number of piperidine rings is 1. The SMILES string of the molecule is O=C(N/N=C/c1ccccc1O)C1CC[NH+](Cc2ccc([N+](=O)[O-])cc2)CC1. The molecule has 8 heteroatoms. The Balaban J connectivity index is 1.45. The van der Waals surface area contributed by atoms with Crippen molar-refractivity contribution in [1.82, 2.24) is 5.43 Å². The number of phenols is 1. The van der Waals surface area contributed by atoms with Crippen LogP contribution in [0.4, 0.5) is 5.69 Å². The predicted octanol–water partition coefficient (Wildman–Crippen LogP) is 1.25. The first-order chi connectivity index (χ1) is 13.5. The first-order valence-corrected chi connectivity index (χ1v) is 9.21. The number of para-hydroxylation sites is 1. The fraction of sp³-hybridized carbons (Fsp3) is 0.300. The van der Waals surface area contributed by atoms with Crippen molar-refractivity contribution in [3.8, 4) is 5.75 Å².